The number of hydrogen-bond donors (Lipinski definition) is 1. The molecule has 2 rings (SSSR count). The molecule has 1 aromatic rings. The molecule has 21 heavy (non-hydrogen) atoms. The first-order valence-corrected chi connectivity index (χ1v) is 7.45. The Kier molecular flexibility index (Phi) is 5.27. The van der Waals surface area contributed by atoms with Crippen LogP contribution in [0.1, 0.15) is 50.3 Å². The monoisotopic (exact) mass is 301 g/mol. The molecule has 0 spiro atoms. The van der Waals surface area contributed by atoms with Crippen LogP contribution < -0.4 is 5.32 Å². The topological polar surface area (TPSA) is 21.3 Å². The third kappa shape index (κ3) is 4.45. The van der Waals surface area contributed by atoms with Gasteiger partial charge in [-0.15, -0.1) is 0 Å². The molecule has 1 aliphatic heterocycles. The second-order valence-electron chi connectivity index (χ2n) is 5.63. The Morgan fingerprint density at radius 1 is 1.38 bits per heavy atom. The molecule has 0 aromatic heterocycles. The Morgan fingerprint density at radius 2 is 2.14 bits per heavy atom. The van der Waals surface area contributed by atoms with Crippen LogP contribution in [0.5, 0.6) is 0 Å². The smallest absolute Gasteiger partial charge is 0.378 e. The Balaban J connectivity index is 2.01. The molecule has 5 heteroatoms. The van der Waals surface area contributed by atoms with E-state index in [-0.39, 0.29) is 12.1 Å². The van der Waals surface area contributed by atoms with Crippen LogP contribution in [0.25, 0.3) is 0 Å². The van der Waals surface area contributed by atoms with E-state index in [2.05, 4.69) is 12.2 Å². The zero-order chi connectivity index (χ0) is 15.5. The normalized spacial score (nSPS) is 24.8. The number of rotatable bonds is 4. The zero-order valence-corrected chi connectivity index (χ0v) is 12.4. The minimum absolute atomic E-state index is 0.104. The van der Waals surface area contributed by atoms with Crippen LogP contribution in [-0.4, -0.2) is 18.8 Å². The van der Waals surface area contributed by atoms with Gasteiger partial charge in [0.2, 0.25) is 0 Å². The molecule has 0 amide bonds. The van der Waals surface area contributed by atoms with Gasteiger partial charge in [0.25, 0.3) is 0 Å². The highest BCUT2D eigenvalue weighted by Crippen LogP contribution is 2.31. The average molecular weight is 301 g/mol. The van der Waals surface area contributed by atoms with Gasteiger partial charge in [-0.2, -0.15) is 13.2 Å². The molecule has 1 fully saturated rings. The summed E-state index contributed by atoms with van der Waals surface area (Å²) >= 11 is 0. The molecule has 1 aromatic carbocycles. The first-order chi connectivity index (χ1) is 9.90. The van der Waals surface area contributed by atoms with Crippen molar-refractivity contribution >= 4 is 0 Å². The van der Waals surface area contributed by atoms with E-state index in [0.29, 0.717) is 18.2 Å². The number of nitrogens with one attached hydrogen (secondary N) is 1. The van der Waals surface area contributed by atoms with Crippen molar-refractivity contribution in [1.82, 2.24) is 5.32 Å². The molecule has 0 saturated carbocycles. The summed E-state index contributed by atoms with van der Waals surface area (Å²) in [6.45, 7) is 4.71. The van der Waals surface area contributed by atoms with Crippen LogP contribution in [0.2, 0.25) is 0 Å². The molecule has 0 bridgehead atoms. The van der Waals surface area contributed by atoms with Crippen molar-refractivity contribution in [1.29, 1.82) is 0 Å². The summed E-state index contributed by atoms with van der Waals surface area (Å²) in [4.78, 5) is 0. The van der Waals surface area contributed by atoms with Crippen molar-refractivity contribution < 1.29 is 17.9 Å². The van der Waals surface area contributed by atoms with Crippen molar-refractivity contribution in [3.63, 3.8) is 0 Å². The van der Waals surface area contributed by atoms with E-state index in [1.54, 1.807) is 6.07 Å². The largest absolute Gasteiger partial charge is 0.416 e. The van der Waals surface area contributed by atoms with Gasteiger partial charge in [-0.1, -0.05) is 19.1 Å². The van der Waals surface area contributed by atoms with Gasteiger partial charge in [-0.05, 0) is 43.9 Å². The lowest BCUT2D eigenvalue weighted by Crippen LogP contribution is -2.40. The van der Waals surface area contributed by atoms with Crippen molar-refractivity contribution in [2.75, 3.05) is 6.61 Å². The van der Waals surface area contributed by atoms with E-state index in [0.717, 1.165) is 25.3 Å². The van der Waals surface area contributed by atoms with Crippen molar-refractivity contribution in [3.05, 3.63) is 35.4 Å². The van der Waals surface area contributed by atoms with Crippen LogP contribution in [0, 0.1) is 0 Å². The van der Waals surface area contributed by atoms with Crippen LogP contribution >= 0.6 is 0 Å². The van der Waals surface area contributed by atoms with E-state index in [1.807, 2.05) is 6.92 Å². The lowest BCUT2D eigenvalue weighted by atomic mass is 9.98. The lowest BCUT2D eigenvalue weighted by molar-refractivity contribution is -0.137. The molecular formula is C16H22F3NO. The Hall–Kier alpha value is -1.07. The SMILES string of the molecule is CCC1CC(NC(C)c2cccc(C(F)(F)F)c2)CCO1. The summed E-state index contributed by atoms with van der Waals surface area (Å²) in [6, 6.07) is 5.74. The van der Waals surface area contributed by atoms with Gasteiger partial charge in [0.15, 0.2) is 0 Å². The summed E-state index contributed by atoms with van der Waals surface area (Å²) in [6.07, 6.45) is -1.25. The average Bonchev–Trinajstić information content (AvgIpc) is 2.46. The van der Waals surface area contributed by atoms with Crippen molar-refractivity contribution in [2.45, 2.75) is 57.5 Å². The van der Waals surface area contributed by atoms with Crippen LogP contribution in [0.3, 0.4) is 0 Å². The van der Waals surface area contributed by atoms with E-state index < -0.39 is 11.7 Å². The highest BCUT2D eigenvalue weighted by Gasteiger charge is 2.31. The molecule has 1 heterocycles. The van der Waals surface area contributed by atoms with Gasteiger partial charge < -0.3 is 10.1 Å². The first kappa shape index (κ1) is 16.3. The Labute approximate surface area is 123 Å². The molecule has 0 aliphatic carbocycles. The molecule has 1 N–H and O–H groups in total. The Morgan fingerprint density at radius 3 is 2.81 bits per heavy atom. The quantitative estimate of drug-likeness (QED) is 0.894. The molecule has 1 saturated heterocycles. The maximum absolute atomic E-state index is 12.7. The van der Waals surface area contributed by atoms with E-state index in [4.69, 9.17) is 4.74 Å². The molecule has 118 valence electrons. The van der Waals surface area contributed by atoms with E-state index in [1.165, 1.54) is 12.1 Å². The molecular weight excluding hydrogens is 279 g/mol. The predicted molar refractivity (Wildman–Crippen MR) is 76.0 cm³/mol. The molecule has 3 unspecified atom stereocenters. The highest BCUT2D eigenvalue weighted by atomic mass is 19.4. The Bertz CT molecular complexity index is 461. The lowest BCUT2D eigenvalue weighted by Gasteiger charge is -2.32. The third-order valence-electron chi connectivity index (χ3n) is 4.02. The van der Waals surface area contributed by atoms with Gasteiger partial charge in [-0.25, -0.2) is 0 Å². The maximum atomic E-state index is 12.7. The summed E-state index contributed by atoms with van der Waals surface area (Å²) in [7, 11) is 0. The van der Waals surface area contributed by atoms with Crippen molar-refractivity contribution in [2.24, 2.45) is 0 Å². The first-order valence-electron chi connectivity index (χ1n) is 7.45. The third-order valence-corrected chi connectivity index (χ3v) is 4.02. The van der Waals surface area contributed by atoms with Gasteiger partial charge in [0.05, 0.1) is 11.7 Å². The van der Waals surface area contributed by atoms with E-state index in [9.17, 15) is 13.2 Å². The summed E-state index contributed by atoms with van der Waals surface area (Å²) in [5.41, 5.74) is 0.0800. The van der Waals surface area contributed by atoms with E-state index >= 15 is 0 Å². The predicted octanol–water partition coefficient (Wildman–Crippen LogP) is 4.31. The second-order valence-corrected chi connectivity index (χ2v) is 5.63. The molecule has 2 nitrogen and oxygen atoms in total. The summed E-state index contributed by atoms with van der Waals surface area (Å²) in [5.74, 6) is 0. The number of halogens is 3. The number of ether oxygens (including phenoxy) is 1. The molecule has 3 atom stereocenters. The number of hydrogen-bond acceptors (Lipinski definition) is 2. The number of benzene rings is 1. The molecule has 0 radical (unpaired) electrons. The second kappa shape index (κ2) is 6.79. The van der Waals surface area contributed by atoms with Gasteiger partial charge in [0.1, 0.15) is 0 Å². The fourth-order valence-electron chi connectivity index (χ4n) is 2.75. The standard InChI is InChI=1S/C16H22F3NO/c1-3-15-10-14(7-8-21-15)20-11(2)12-5-4-6-13(9-12)16(17,18)19/h4-6,9,11,14-15,20H,3,7-8,10H2,1-2H3. The van der Waals surface area contributed by atoms with Gasteiger partial charge in [0, 0.05) is 18.7 Å². The zero-order valence-electron chi connectivity index (χ0n) is 12.4. The van der Waals surface area contributed by atoms with Crippen LogP contribution in [-0.2, 0) is 10.9 Å². The highest BCUT2D eigenvalue weighted by molar-refractivity contribution is 5.27. The summed E-state index contributed by atoms with van der Waals surface area (Å²) in [5, 5.41) is 3.43. The minimum atomic E-state index is -4.29. The van der Waals surface area contributed by atoms with Crippen LogP contribution in [0.15, 0.2) is 24.3 Å². The fourth-order valence-corrected chi connectivity index (χ4v) is 2.75. The van der Waals surface area contributed by atoms with Crippen molar-refractivity contribution in [3.8, 4) is 0 Å². The number of alkyl halides is 3. The minimum Gasteiger partial charge on any atom is -0.378 e. The fraction of sp³-hybridized carbons (Fsp3) is 0.625. The summed E-state index contributed by atoms with van der Waals surface area (Å²) < 4.78 is 43.9. The molecule has 1 aliphatic rings. The van der Waals surface area contributed by atoms with Crippen LogP contribution in [0.4, 0.5) is 13.2 Å². The van der Waals surface area contributed by atoms with Gasteiger partial charge in [-0.3, -0.25) is 0 Å². The maximum Gasteiger partial charge on any atom is 0.416 e. The van der Waals surface area contributed by atoms with Gasteiger partial charge >= 0.3 is 6.18 Å².